The predicted molar refractivity (Wildman–Crippen MR) is 76.6 cm³/mol. The van der Waals surface area contributed by atoms with Gasteiger partial charge < -0.3 is 15.2 Å². The average molecular weight is 557 g/mol. The summed E-state index contributed by atoms with van der Waals surface area (Å²) in [5.41, 5.74) is 0. The summed E-state index contributed by atoms with van der Waals surface area (Å²) in [6.45, 7) is 0.296. The van der Waals surface area contributed by atoms with Gasteiger partial charge in [-0.15, -0.1) is 0 Å². The van der Waals surface area contributed by atoms with Crippen molar-refractivity contribution >= 4 is 17.8 Å². The lowest BCUT2D eigenvalue weighted by Crippen LogP contribution is -2.74. The van der Waals surface area contributed by atoms with E-state index < -0.39 is 78.6 Å². The van der Waals surface area contributed by atoms with Crippen LogP contribution in [0.2, 0.25) is 0 Å². The maximum absolute atomic E-state index is 13.8. The van der Waals surface area contributed by atoms with Gasteiger partial charge in [-0.1, -0.05) is 0 Å². The molecule has 0 aromatic rings. The number of halogens is 15. The van der Waals surface area contributed by atoms with Gasteiger partial charge in [0.15, 0.2) is 0 Å². The molecule has 0 aliphatic rings. The second-order valence-corrected chi connectivity index (χ2v) is 6.32. The number of aliphatic carboxylic acids is 1. The number of amides is 1. The van der Waals surface area contributed by atoms with Gasteiger partial charge in [-0.3, -0.25) is 9.59 Å². The molecule has 2 N–H and O–H groups in total. The Morgan fingerprint density at radius 1 is 0.714 bits per heavy atom. The molecule has 0 bridgehead atoms. The number of carbonyl (C=O) groups is 3. The van der Waals surface area contributed by atoms with Gasteiger partial charge in [0.1, 0.15) is 6.04 Å². The van der Waals surface area contributed by atoms with Crippen LogP contribution in [0.15, 0.2) is 0 Å². The number of carboxylic acids is 1. The van der Waals surface area contributed by atoms with Gasteiger partial charge in [0.2, 0.25) is 0 Å². The molecule has 0 radical (unpaired) electrons. The number of hydrogen-bond acceptors (Lipinski definition) is 4. The lowest BCUT2D eigenvalue weighted by Gasteiger charge is -2.41. The highest BCUT2D eigenvalue weighted by Crippen LogP contribution is 2.62. The molecule has 1 atom stereocenters. The van der Waals surface area contributed by atoms with Crippen molar-refractivity contribution in [3.8, 4) is 0 Å². The Hall–Kier alpha value is -2.64. The van der Waals surface area contributed by atoms with E-state index in [2.05, 4.69) is 4.74 Å². The standard InChI is InChI=1S/C14H10F15NO5/c1-2-35-6(33)4(3-5(31)32)30-7(34)8(15,16)9(17,18)10(19,20)11(21,22)12(23,24)13(25,26)14(27,28)29/h4H,2-3H2,1H3,(H,30,34)(H,31,32). The summed E-state index contributed by atoms with van der Waals surface area (Å²) in [5.74, 6) is -57.4. The van der Waals surface area contributed by atoms with Crippen molar-refractivity contribution < 1.29 is 90.1 Å². The van der Waals surface area contributed by atoms with Crippen molar-refractivity contribution in [2.75, 3.05) is 6.61 Å². The molecule has 0 saturated heterocycles. The molecule has 0 aromatic heterocycles. The fourth-order valence-electron chi connectivity index (χ4n) is 1.97. The van der Waals surface area contributed by atoms with Crippen LogP contribution < -0.4 is 5.32 Å². The molecule has 0 spiro atoms. The Bertz CT molecular complexity index is 823. The predicted octanol–water partition coefficient (Wildman–Crippen LogP) is 3.88. The van der Waals surface area contributed by atoms with Crippen LogP contribution in [-0.2, 0) is 19.1 Å². The smallest absolute Gasteiger partial charge is 0.460 e. The van der Waals surface area contributed by atoms with Crippen molar-refractivity contribution in [1.29, 1.82) is 0 Å². The monoisotopic (exact) mass is 557 g/mol. The Morgan fingerprint density at radius 3 is 1.43 bits per heavy atom. The molecule has 0 aliphatic heterocycles. The minimum atomic E-state index is -8.60. The van der Waals surface area contributed by atoms with Gasteiger partial charge in [-0.2, -0.15) is 65.9 Å². The van der Waals surface area contributed by atoms with Crippen LogP contribution in [0.4, 0.5) is 65.9 Å². The largest absolute Gasteiger partial charge is 0.481 e. The second-order valence-electron chi connectivity index (χ2n) is 6.32. The number of carbonyl (C=O) groups excluding carboxylic acids is 2. The van der Waals surface area contributed by atoms with E-state index in [1.165, 1.54) is 0 Å². The number of esters is 1. The number of alkyl halides is 15. The zero-order valence-electron chi connectivity index (χ0n) is 16.2. The van der Waals surface area contributed by atoms with E-state index in [9.17, 15) is 80.2 Å². The van der Waals surface area contributed by atoms with Crippen LogP contribution in [0, 0.1) is 0 Å². The van der Waals surface area contributed by atoms with Crippen LogP contribution in [0.25, 0.3) is 0 Å². The SMILES string of the molecule is CCOC(=O)C(CC(=O)O)NC(=O)C(F)(F)C(F)(F)C(F)(F)C(F)(F)C(F)(F)C(F)(F)C(F)(F)F. The van der Waals surface area contributed by atoms with Crippen LogP contribution >= 0.6 is 0 Å². The van der Waals surface area contributed by atoms with E-state index >= 15 is 0 Å². The molecule has 0 fully saturated rings. The molecule has 0 aliphatic carbocycles. The van der Waals surface area contributed by atoms with E-state index in [1.807, 2.05) is 0 Å². The summed E-state index contributed by atoms with van der Waals surface area (Å²) in [6.07, 6.45) is -9.57. The van der Waals surface area contributed by atoms with Gasteiger partial charge in [-0.05, 0) is 6.92 Å². The molecule has 0 heterocycles. The lowest BCUT2D eigenvalue weighted by atomic mass is 9.90. The van der Waals surface area contributed by atoms with Crippen LogP contribution in [-0.4, -0.2) is 77.3 Å². The molecular weight excluding hydrogens is 547 g/mol. The minimum absolute atomic E-state index is 0.378. The Morgan fingerprint density at radius 2 is 1.09 bits per heavy atom. The molecular formula is C14H10F15NO5. The van der Waals surface area contributed by atoms with Crippen molar-refractivity contribution in [3.05, 3.63) is 0 Å². The molecule has 0 saturated carbocycles. The first-order valence-corrected chi connectivity index (χ1v) is 8.21. The van der Waals surface area contributed by atoms with E-state index in [0.29, 0.717) is 5.32 Å². The number of ether oxygens (including phenoxy) is 1. The molecule has 1 amide bonds. The quantitative estimate of drug-likeness (QED) is 0.297. The summed E-state index contributed by atoms with van der Waals surface area (Å²) in [7, 11) is 0. The summed E-state index contributed by atoms with van der Waals surface area (Å²) in [4.78, 5) is 33.3. The third-order valence-corrected chi connectivity index (χ3v) is 3.87. The van der Waals surface area contributed by atoms with Crippen molar-refractivity contribution in [2.24, 2.45) is 0 Å². The summed E-state index contributed by atoms with van der Waals surface area (Å²) in [6, 6.07) is -2.90. The fourth-order valence-corrected chi connectivity index (χ4v) is 1.97. The first-order chi connectivity index (χ1) is 15.2. The highest BCUT2D eigenvalue weighted by molar-refractivity contribution is 5.91. The Kier molecular flexibility index (Phi) is 8.72. The third-order valence-electron chi connectivity index (χ3n) is 3.87. The van der Waals surface area contributed by atoms with Crippen LogP contribution in [0.5, 0.6) is 0 Å². The second kappa shape index (κ2) is 9.43. The van der Waals surface area contributed by atoms with E-state index in [4.69, 9.17) is 5.11 Å². The zero-order chi connectivity index (χ0) is 28.6. The molecule has 21 heteroatoms. The van der Waals surface area contributed by atoms with Crippen molar-refractivity contribution in [3.63, 3.8) is 0 Å². The molecule has 1 unspecified atom stereocenters. The van der Waals surface area contributed by atoms with Crippen LogP contribution in [0.3, 0.4) is 0 Å². The topological polar surface area (TPSA) is 92.7 Å². The molecule has 0 rings (SSSR count). The van der Waals surface area contributed by atoms with Crippen molar-refractivity contribution in [2.45, 2.75) is 61.1 Å². The Balaban J connectivity index is 6.51. The first-order valence-electron chi connectivity index (χ1n) is 8.21. The maximum Gasteiger partial charge on any atom is 0.460 e. The van der Waals surface area contributed by atoms with E-state index in [0.717, 1.165) is 6.92 Å². The lowest BCUT2D eigenvalue weighted by molar-refractivity contribution is -0.449. The highest BCUT2D eigenvalue weighted by Gasteiger charge is 2.94. The van der Waals surface area contributed by atoms with Gasteiger partial charge in [0.25, 0.3) is 5.91 Å². The maximum atomic E-state index is 13.8. The van der Waals surface area contributed by atoms with Crippen LogP contribution in [0.1, 0.15) is 13.3 Å². The number of rotatable bonds is 11. The van der Waals surface area contributed by atoms with E-state index in [-0.39, 0.29) is 0 Å². The number of carboxylic acid groups (broad SMARTS) is 1. The molecule has 6 nitrogen and oxygen atoms in total. The molecule has 35 heavy (non-hydrogen) atoms. The fraction of sp³-hybridized carbons (Fsp3) is 0.786. The average Bonchev–Trinajstić information content (AvgIpc) is 2.65. The van der Waals surface area contributed by atoms with Gasteiger partial charge >= 0.3 is 53.7 Å². The summed E-state index contributed by atoms with van der Waals surface area (Å²) < 4.78 is 200. The summed E-state index contributed by atoms with van der Waals surface area (Å²) in [5, 5.41) is 8.86. The van der Waals surface area contributed by atoms with Crippen molar-refractivity contribution in [1.82, 2.24) is 5.32 Å². The van der Waals surface area contributed by atoms with E-state index in [1.54, 1.807) is 0 Å². The van der Waals surface area contributed by atoms with Gasteiger partial charge in [0, 0.05) is 0 Å². The zero-order valence-corrected chi connectivity index (χ0v) is 16.2. The first kappa shape index (κ1) is 32.4. The van der Waals surface area contributed by atoms with Gasteiger partial charge in [-0.25, -0.2) is 4.79 Å². The normalized spacial score (nSPS) is 15.4. The Labute approximate surface area is 182 Å². The molecule has 0 aromatic carbocycles. The number of hydrogen-bond donors (Lipinski definition) is 2. The molecule has 206 valence electrons. The highest BCUT2D eigenvalue weighted by atomic mass is 19.4. The third kappa shape index (κ3) is 5.16. The number of nitrogens with one attached hydrogen (secondary N) is 1. The summed E-state index contributed by atoms with van der Waals surface area (Å²) >= 11 is 0. The minimum Gasteiger partial charge on any atom is -0.481 e. The van der Waals surface area contributed by atoms with Gasteiger partial charge in [0.05, 0.1) is 13.0 Å².